The lowest BCUT2D eigenvalue weighted by molar-refractivity contribution is -0.938. The maximum absolute atomic E-state index is 11.2. The minimum absolute atomic E-state index is 0.149. The fourth-order valence-corrected chi connectivity index (χ4v) is 4.61. The molecule has 3 rings (SSSR count). The molecule has 4 nitrogen and oxygen atoms in total. The number of benzene rings is 1. The number of nitriles is 1. The van der Waals surface area contributed by atoms with Gasteiger partial charge in [0, 0.05) is 12.3 Å². The quantitative estimate of drug-likeness (QED) is 0.834. The number of fused-ring (bicyclic) bond motifs is 1. The maximum Gasteiger partial charge on any atom is 0.165 e. The SMILES string of the molecule is CCOc1ccccc1[C@H]1[C@H]2CCCC[C@@]2(O)CC[NH+]1CC#N. The number of nitrogens with one attached hydrogen (secondary N) is 1. The molecule has 1 saturated carbocycles. The Morgan fingerprint density at radius 3 is 2.96 bits per heavy atom. The average molecular weight is 315 g/mol. The Balaban J connectivity index is 2.01. The number of ether oxygens (including phenoxy) is 1. The van der Waals surface area contributed by atoms with E-state index in [4.69, 9.17) is 4.74 Å². The molecule has 2 fully saturated rings. The standard InChI is InChI=1S/C19H26N2O2/c1-2-23-17-9-4-3-7-15(17)18-16-8-5-6-10-19(16,22)11-13-21(18)14-12-20/h3-4,7,9,16,18,22H,2,5-6,8,10-11,13-14H2,1H3/p+1/t16-,18+,19-/m1/s1. The lowest BCUT2D eigenvalue weighted by Crippen LogP contribution is -3.15. The maximum atomic E-state index is 11.2. The molecule has 124 valence electrons. The van der Waals surface area contributed by atoms with Crippen LogP contribution in [-0.2, 0) is 0 Å². The monoisotopic (exact) mass is 315 g/mol. The molecule has 23 heavy (non-hydrogen) atoms. The smallest absolute Gasteiger partial charge is 0.165 e. The van der Waals surface area contributed by atoms with Crippen LogP contribution in [0.15, 0.2) is 24.3 Å². The van der Waals surface area contributed by atoms with Crippen molar-refractivity contribution in [3.05, 3.63) is 29.8 Å². The van der Waals surface area contributed by atoms with Gasteiger partial charge in [0.2, 0.25) is 0 Å². The van der Waals surface area contributed by atoms with Crippen LogP contribution in [0.4, 0.5) is 0 Å². The van der Waals surface area contributed by atoms with Crippen LogP contribution < -0.4 is 9.64 Å². The van der Waals surface area contributed by atoms with Crippen LogP contribution in [0.3, 0.4) is 0 Å². The molecule has 1 aromatic carbocycles. The Bertz CT molecular complexity index is 583. The number of quaternary nitrogens is 1. The Hall–Kier alpha value is -1.57. The minimum Gasteiger partial charge on any atom is -0.493 e. The van der Waals surface area contributed by atoms with Crippen LogP contribution >= 0.6 is 0 Å². The predicted molar refractivity (Wildman–Crippen MR) is 88.2 cm³/mol. The highest BCUT2D eigenvalue weighted by molar-refractivity contribution is 5.36. The summed E-state index contributed by atoms with van der Waals surface area (Å²) in [6, 6.07) is 10.7. The molecule has 0 amide bonds. The fraction of sp³-hybridized carbons (Fsp3) is 0.632. The molecular weight excluding hydrogens is 288 g/mol. The molecule has 1 heterocycles. The van der Waals surface area contributed by atoms with Crippen LogP contribution in [0.25, 0.3) is 0 Å². The van der Waals surface area contributed by atoms with E-state index in [2.05, 4.69) is 12.1 Å². The normalized spacial score (nSPS) is 33.5. The van der Waals surface area contributed by atoms with Crippen molar-refractivity contribution in [3.8, 4) is 11.8 Å². The van der Waals surface area contributed by atoms with E-state index >= 15 is 0 Å². The second kappa shape index (κ2) is 6.90. The summed E-state index contributed by atoms with van der Waals surface area (Å²) in [4.78, 5) is 1.27. The lowest BCUT2D eigenvalue weighted by atomic mass is 9.66. The Labute approximate surface area is 138 Å². The van der Waals surface area contributed by atoms with Crippen LogP contribution in [0.5, 0.6) is 5.75 Å². The van der Waals surface area contributed by atoms with Gasteiger partial charge in [-0.05, 0) is 31.9 Å². The summed E-state index contributed by atoms with van der Waals surface area (Å²) in [6.45, 7) is 3.96. The van der Waals surface area contributed by atoms with E-state index < -0.39 is 5.60 Å². The van der Waals surface area contributed by atoms with E-state index in [0.717, 1.165) is 43.5 Å². The fourth-order valence-electron chi connectivity index (χ4n) is 4.61. The van der Waals surface area contributed by atoms with Gasteiger partial charge in [-0.1, -0.05) is 25.0 Å². The molecule has 1 saturated heterocycles. The minimum atomic E-state index is -0.568. The Morgan fingerprint density at radius 2 is 2.17 bits per heavy atom. The number of likely N-dealkylation sites (tertiary alicyclic amines) is 1. The van der Waals surface area contributed by atoms with Crippen LogP contribution in [0.2, 0.25) is 0 Å². The van der Waals surface area contributed by atoms with E-state index in [1.807, 2.05) is 25.1 Å². The van der Waals surface area contributed by atoms with Crippen molar-refractivity contribution in [1.29, 1.82) is 5.26 Å². The van der Waals surface area contributed by atoms with Crippen molar-refractivity contribution in [1.82, 2.24) is 0 Å². The number of hydrogen-bond acceptors (Lipinski definition) is 3. The van der Waals surface area contributed by atoms with Crippen LogP contribution in [0, 0.1) is 17.2 Å². The zero-order chi connectivity index (χ0) is 16.3. The van der Waals surface area contributed by atoms with Gasteiger partial charge in [-0.15, -0.1) is 0 Å². The molecule has 1 aliphatic carbocycles. The lowest BCUT2D eigenvalue weighted by Gasteiger charge is -2.49. The van der Waals surface area contributed by atoms with Gasteiger partial charge in [0.15, 0.2) is 6.54 Å². The molecule has 0 spiro atoms. The third-order valence-corrected chi connectivity index (χ3v) is 5.65. The largest absolute Gasteiger partial charge is 0.493 e. The van der Waals surface area contributed by atoms with Crippen molar-refractivity contribution in [2.24, 2.45) is 5.92 Å². The van der Waals surface area contributed by atoms with E-state index in [-0.39, 0.29) is 12.0 Å². The van der Waals surface area contributed by atoms with Crippen molar-refractivity contribution in [3.63, 3.8) is 0 Å². The Kier molecular flexibility index (Phi) is 4.89. The summed E-state index contributed by atoms with van der Waals surface area (Å²) >= 11 is 0. The van der Waals surface area contributed by atoms with E-state index in [9.17, 15) is 10.4 Å². The number of aliphatic hydroxyl groups is 1. The molecule has 1 aliphatic heterocycles. The van der Waals surface area contributed by atoms with Gasteiger partial charge >= 0.3 is 0 Å². The highest BCUT2D eigenvalue weighted by Crippen LogP contribution is 2.45. The third kappa shape index (κ3) is 3.08. The van der Waals surface area contributed by atoms with E-state index in [1.54, 1.807) is 0 Å². The second-order valence-corrected chi connectivity index (χ2v) is 6.90. The molecule has 2 N–H and O–H groups in total. The summed E-state index contributed by atoms with van der Waals surface area (Å²) < 4.78 is 5.85. The third-order valence-electron chi connectivity index (χ3n) is 5.65. The molecule has 0 radical (unpaired) electrons. The molecule has 2 aliphatic rings. The van der Waals surface area contributed by atoms with Crippen LogP contribution in [0.1, 0.15) is 50.6 Å². The molecule has 0 aromatic heterocycles. The first kappa shape index (κ1) is 16.3. The van der Waals surface area contributed by atoms with Crippen molar-refractivity contribution in [2.45, 2.75) is 50.7 Å². The highest BCUT2D eigenvalue weighted by atomic mass is 16.5. The average Bonchev–Trinajstić information content (AvgIpc) is 2.56. The van der Waals surface area contributed by atoms with Gasteiger partial charge < -0.3 is 14.7 Å². The molecule has 4 atom stereocenters. The first-order valence-corrected chi connectivity index (χ1v) is 8.85. The van der Waals surface area contributed by atoms with Gasteiger partial charge in [-0.25, -0.2) is 0 Å². The van der Waals surface area contributed by atoms with E-state index in [0.29, 0.717) is 13.2 Å². The Morgan fingerprint density at radius 1 is 1.35 bits per heavy atom. The van der Waals surface area contributed by atoms with Gasteiger partial charge in [-0.2, -0.15) is 5.26 Å². The first-order chi connectivity index (χ1) is 11.2. The van der Waals surface area contributed by atoms with Crippen molar-refractivity contribution >= 4 is 0 Å². The molecule has 1 unspecified atom stereocenters. The van der Waals surface area contributed by atoms with Crippen molar-refractivity contribution < 1.29 is 14.7 Å². The van der Waals surface area contributed by atoms with Gasteiger partial charge in [0.05, 0.1) is 24.3 Å². The number of hydrogen-bond donors (Lipinski definition) is 2. The van der Waals surface area contributed by atoms with Gasteiger partial charge in [0.25, 0.3) is 0 Å². The van der Waals surface area contributed by atoms with E-state index in [1.165, 1.54) is 11.3 Å². The predicted octanol–water partition coefficient (Wildman–Crippen LogP) is 1.86. The first-order valence-electron chi connectivity index (χ1n) is 8.85. The zero-order valence-electron chi connectivity index (χ0n) is 13.9. The zero-order valence-corrected chi connectivity index (χ0v) is 13.9. The molecule has 1 aromatic rings. The molecular formula is C19H27N2O2+. The summed E-state index contributed by atoms with van der Waals surface area (Å²) in [6.07, 6.45) is 5.02. The highest BCUT2D eigenvalue weighted by Gasteiger charge is 2.52. The number of rotatable bonds is 4. The van der Waals surface area contributed by atoms with Crippen LogP contribution in [-0.4, -0.2) is 30.4 Å². The van der Waals surface area contributed by atoms with Gasteiger partial charge in [0.1, 0.15) is 17.9 Å². The second-order valence-electron chi connectivity index (χ2n) is 6.90. The summed E-state index contributed by atoms with van der Waals surface area (Å²) in [5.41, 5.74) is 0.589. The molecule has 4 heteroatoms. The summed E-state index contributed by atoms with van der Waals surface area (Å²) in [7, 11) is 0. The number of para-hydroxylation sites is 1. The summed E-state index contributed by atoms with van der Waals surface area (Å²) in [5.74, 6) is 1.13. The number of piperidine rings is 1. The van der Waals surface area contributed by atoms with Gasteiger partial charge in [-0.3, -0.25) is 0 Å². The topological polar surface area (TPSA) is 57.7 Å². The summed E-state index contributed by atoms with van der Waals surface area (Å²) in [5, 5.41) is 20.4. The molecule has 0 bridgehead atoms. The number of nitrogens with zero attached hydrogens (tertiary/aromatic N) is 1. The van der Waals surface area contributed by atoms with Crippen molar-refractivity contribution in [2.75, 3.05) is 19.7 Å².